The molecule has 25 heavy (non-hydrogen) atoms. The lowest BCUT2D eigenvalue weighted by atomic mass is 10.0. The minimum absolute atomic E-state index is 0.0217. The summed E-state index contributed by atoms with van der Waals surface area (Å²) in [6.07, 6.45) is 1.11. The molecule has 2 fully saturated rings. The normalized spacial score (nSPS) is 19.1. The molecule has 0 aliphatic carbocycles. The van der Waals surface area contributed by atoms with Gasteiger partial charge in [-0.3, -0.25) is 14.6 Å². The minimum Gasteiger partial charge on any atom is -0.448 e. The fourth-order valence-corrected chi connectivity index (χ4v) is 3.15. The molecule has 2 aliphatic rings. The van der Waals surface area contributed by atoms with Gasteiger partial charge in [-0.25, -0.2) is 13.6 Å². The van der Waals surface area contributed by atoms with E-state index in [0.717, 1.165) is 37.6 Å². The summed E-state index contributed by atoms with van der Waals surface area (Å²) in [5, 5.41) is 2.94. The molecule has 0 spiro atoms. The second-order valence-corrected chi connectivity index (χ2v) is 6.40. The number of nitrogens with one attached hydrogen (secondary N) is 1. The molecule has 0 atom stereocenters. The van der Waals surface area contributed by atoms with Crippen LogP contribution in [-0.2, 0) is 16.1 Å². The Kier molecular flexibility index (Phi) is 5.47. The molecule has 0 radical (unpaired) electrons. The molecule has 2 amide bonds. The first-order valence-electron chi connectivity index (χ1n) is 8.38. The molecule has 0 unspecified atom stereocenters. The topological polar surface area (TPSA) is 61.9 Å². The Morgan fingerprint density at radius 2 is 1.96 bits per heavy atom. The van der Waals surface area contributed by atoms with E-state index in [4.69, 9.17) is 4.74 Å². The molecule has 1 aromatic carbocycles. The highest BCUT2D eigenvalue weighted by Crippen LogP contribution is 2.16. The lowest BCUT2D eigenvalue weighted by Crippen LogP contribution is -2.47. The number of carbonyl (C=O) groups is 2. The van der Waals surface area contributed by atoms with Crippen molar-refractivity contribution >= 4 is 12.0 Å². The van der Waals surface area contributed by atoms with E-state index in [9.17, 15) is 18.4 Å². The van der Waals surface area contributed by atoms with Gasteiger partial charge in [-0.05, 0) is 30.5 Å². The van der Waals surface area contributed by atoms with Crippen LogP contribution in [0.3, 0.4) is 0 Å². The average Bonchev–Trinajstić information content (AvgIpc) is 2.98. The van der Waals surface area contributed by atoms with Crippen molar-refractivity contribution in [1.82, 2.24) is 15.1 Å². The zero-order chi connectivity index (χ0) is 17.8. The van der Waals surface area contributed by atoms with Gasteiger partial charge in [0.2, 0.25) is 5.91 Å². The van der Waals surface area contributed by atoms with Crippen LogP contribution in [-0.4, -0.2) is 60.6 Å². The summed E-state index contributed by atoms with van der Waals surface area (Å²) in [5.74, 6) is -1.86. The third kappa shape index (κ3) is 4.66. The Morgan fingerprint density at radius 1 is 1.20 bits per heavy atom. The largest absolute Gasteiger partial charge is 0.448 e. The summed E-state index contributed by atoms with van der Waals surface area (Å²) in [5.41, 5.74) is 0.730. The minimum atomic E-state index is -0.841. The highest BCUT2D eigenvalue weighted by atomic mass is 19.2. The second-order valence-electron chi connectivity index (χ2n) is 6.40. The summed E-state index contributed by atoms with van der Waals surface area (Å²) < 4.78 is 31.0. The van der Waals surface area contributed by atoms with Crippen molar-refractivity contribution in [3.05, 3.63) is 35.4 Å². The zero-order valence-corrected chi connectivity index (χ0v) is 13.8. The number of carbonyl (C=O) groups excluding carboxylic acids is 2. The van der Waals surface area contributed by atoms with Crippen molar-refractivity contribution in [2.45, 2.75) is 25.4 Å². The van der Waals surface area contributed by atoms with Crippen LogP contribution in [0.5, 0.6) is 0 Å². The quantitative estimate of drug-likeness (QED) is 0.871. The molecule has 2 saturated heterocycles. The maximum atomic E-state index is 13.3. The molecule has 6 nitrogen and oxygen atoms in total. The van der Waals surface area contributed by atoms with Crippen LogP contribution in [0.15, 0.2) is 18.2 Å². The number of ether oxygens (including phenoxy) is 1. The molecule has 136 valence electrons. The van der Waals surface area contributed by atoms with E-state index in [2.05, 4.69) is 10.2 Å². The van der Waals surface area contributed by atoms with Crippen LogP contribution in [0.2, 0.25) is 0 Å². The van der Waals surface area contributed by atoms with Gasteiger partial charge in [0, 0.05) is 25.7 Å². The van der Waals surface area contributed by atoms with Crippen molar-refractivity contribution in [3.8, 4) is 0 Å². The van der Waals surface area contributed by atoms with Crippen LogP contribution in [0.4, 0.5) is 13.6 Å². The lowest BCUT2D eigenvalue weighted by Gasteiger charge is -2.32. The number of nitrogens with zero attached hydrogens (tertiary/aromatic N) is 2. The van der Waals surface area contributed by atoms with Gasteiger partial charge < -0.3 is 10.1 Å². The molecule has 2 heterocycles. The number of halogens is 2. The first-order chi connectivity index (χ1) is 12.0. The second kappa shape index (κ2) is 7.77. The molecule has 0 aromatic heterocycles. The third-order valence-electron chi connectivity index (χ3n) is 4.52. The zero-order valence-electron chi connectivity index (χ0n) is 13.8. The van der Waals surface area contributed by atoms with Crippen molar-refractivity contribution in [2.24, 2.45) is 0 Å². The van der Waals surface area contributed by atoms with Crippen molar-refractivity contribution in [3.63, 3.8) is 0 Å². The molecule has 0 bridgehead atoms. The van der Waals surface area contributed by atoms with Gasteiger partial charge in [0.25, 0.3) is 0 Å². The Hall–Kier alpha value is -2.22. The van der Waals surface area contributed by atoms with Gasteiger partial charge >= 0.3 is 6.09 Å². The summed E-state index contributed by atoms with van der Waals surface area (Å²) in [6, 6.07) is 4.01. The SMILES string of the molecule is O=C(CN1CCOC1=O)NC1CCN(Cc2ccc(F)c(F)c2)CC1. The van der Waals surface area contributed by atoms with E-state index in [-0.39, 0.29) is 18.5 Å². The van der Waals surface area contributed by atoms with E-state index in [1.807, 2.05) is 0 Å². The van der Waals surface area contributed by atoms with E-state index < -0.39 is 17.7 Å². The molecular weight excluding hydrogens is 332 g/mol. The Bertz CT molecular complexity index is 648. The molecule has 1 aromatic rings. The van der Waals surface area contributed by atoms with Gasteiger partial charge in [0.1, 0.15) is 13.2 Å². The van der Waals surface area contributed by atoms with E-state index in [1.165, 1.54) is 11.0 Å². The van der Waals surface area contributed by atoms with Gasteiger partial charge in [-0.15, -0.1) is 0 Å². The fraction of sp³-hybridized carbons (Fsp3) is 0.529. The van der Waals surface area contributed by atoms with Crippen molar-refractivity contribution < 1.29 is 23.1 Å². The van der Waals surface area contributed by atoms with E-state index in [0.29, 0.717) is 19.7 Å². The standard InChI is InChI=1S/C17H21F2N3O3/c18-14-2-1-12(9-15(14)19)10-21-5-3-13(4-6-21)20-16(23)11-22-7-8-25-17(22)24/h1-2,9,13H,3-8,10-11H2,(H,20,23). The number of amides is 2. The van der Waals surface area contributed by atoms with Crippen LogP contribution < -0.4 is 5.32 Å². The smallest absolute Gasteiger partial charge is 0.410 e. The first-order valence-corrected chi connectivity index (χ1v) is 8.38. The Morgan fingerprint density at radius 3 is 2.60 bits per heavy atom. The highest BCUT2D eigenvalue weighted by molar-refractivity contribution is 5.82. The van der Waals surface area contributed by atoms with Gasteiger partial charge in [-0.1, -0.05) is 6.07 Å². The summed E-state index contributed by atoms with van der Waals surface area (Å²) >= 11 is 0. The number of likely N-dealkylation sites (tertiary alicyclic amines) is 1. The number of rotatable bonds is 5. The van der Waals surface area contributed by atoms with Crippen molar-refractivity contribution in [1.29, 1.82) is 0 Å². The molecule has 3 rings (SSSR count). The Balaban J connectivity index is 1.41. The lowest BCUT2D eigenvalue weighted by molar-refractivity contribution is -0.122. The van der Waals surface area contributed by atoms with E-state index >= 15 is 0 Å². The molecule has 1 N–H and O–H groups in total. The third-order valence-corrected chi connectivity index (χ3v) is 4.52. The summed E-state index contributed by atoms with van der Waals surface area (Å²) in [7, 11) is 0. The number of piperidine rings is 1. The predicted octanol–water partition coefficient (Wildman–Crippen LogP) is 1.50. The first kappa shape index (κ1) is 17.6. The number of benzene rings is 1. The molecule has 8 heteroatoms. The predicted molar refractivity (Wildman–Crippen MR) is 85.7 cm³/mol. The van der Waals surface area contributed by atoms with Gasteiger partial charge in [0.15, 0.2) is 11.6 Å². The summed E-state index contributed by atoms with van der Waals surface area (Å²) in [6.45, 7) is 2.87. The fourth-order valence-electron chi connectivity index (χ4n) is 3.15. The van der Waals surface area contributed by atoms with Crippen molar-refractivity contribution in [2.75, 3.05) is 32.8 Å². The maximum Gasteiger partial charge on any atom is 0.410 e. The van der Waals surface area contributed by atoms with E-state index in [1.54, 1.807) is 6.07 Å². The average molecular weight is 353 g/mol. The number of hydrogen-bond acceptors (Lipinski definition) is 4. The monoisotopic (exact) mass is 353 g/mol. The molecule has 2 aliphatic heterocycles. The van der Waals surface area contributed by atoms with Gasteiger partial charge in [-0.2, -0.15) is 0 Å². The number of hydrogen-bond donors (Lipinski definition) is 1. The van der Waals surface area contributed by atoms with Crippen LogP contribution >= 0.6 is 0 Å². The van der Waals surface area contributed by atoms with Crippen LogP contribution in [0.1, 0.15) is 18.4 Å². The number of cyclic esters (lactones) is 1. The van der Waals surface area contributed by atoms with Gasteiger partial charge in [0.05, 0.1) is 6.54 Å². The van der Waals surface area contributed by atoms with Crippen LogP contribution in [0.25, 0.3) is 0 Å². The van der Waals surface area contributed by atoms with Crippen LogP contribution in [0, 0.1) is 11.6 Å². The summed E-state index contributed by atoms with van der Waals surface area (Å²) in [4.78, 5) is 26.9. The molecular formula is C17H21F2N3O3. The molecule has 0 saturated carbocycles. The maximum absolute atomic E-state index is 13.3. The Labute approximate surface area is 144 Å². The highest BCUT2D eigenvalue weighted by Gasteiger charge is 2.26.